The fourth-order valence-corrected chi connectivity index (χ4v) is 5.56. The molecule has 3 aromatic carbocycles. The quantitative estimate of drug-likeness (QED) is 0.306. The van der Waals surface area contributed by atoms with Gasteiger partial charge < -0.3 is 10.1 Å². The minimum atomic E-state index is -0.764. The number of ether oxygens (including phenoxy) is 1. The minimum Gasteiger partial charge on any atom is -0.452 e. The average molecular weight is 551 g/mol. The van der Waals surface area contributed by atoms with Gasteiger partial charge in [-0.25, -0.2) is 4.79 Å². The second-order valence-corrected chi connectivity index (χ2v) is 10.3. The van der Waals surface area contributed by atoms with Gasteiger partial charge in [0.25, 0.3) is 5.91 Å². The summed E-state index contributed by atoms with van der Waals surface area (Å²) < 4.78 is 5.15. The number of halogens is 2. The van der Waals surface area contributed by atoms with Gasteiger partial charge in [0.05, 0.1) is 33.8 Å². The van der Waals surface area contributed by atoms with Gasteiger partial charge in [-0.05, 0) is 67.1 Å². The largest absolute Gasteiger partial charge is 0.452 e. The highest BCUT2D eigenvalue weighted by atomic mass is 35.5. The molecule has 1 N–H and O–H groups in total. The van der Waals surface area contributed by atoms with Gasteiger partial charge in [-0.15, -0.1) is 0 Å². The van der Waals surface area contributed by atoms with Crippen LogP contribution in [0.25, 0.3) is 0 Å². The monoisotopic (exact) mass is 550 g/mol. The molecule has 1 heterocycles. The van der Waals surface area contributed by atoms with Gasteiger partial charge >= 0.3 is 5.97 Å². The Kier molecular flexibility index (Phi) is 7.49. The highest BCUT2D eigenvalue weighted by molar-refractivity contribution is 6.35. The van der Waals surface area contributed by atoms with Crippen LogP contribution < -0.4 is 10.2 Å². The molecule has 3 amide bonds. The summed E-state index contributed by atoms with van der Waals surface area (Å²) in [7, 11) is 0. The van der Waals surface area contributed by atoms with Crippen molar-refractivity contribution < 1.29 is 23.9 Å². The number of esters is 1. The highest BCUT2D eigenvalue weighted by Crippen LogP contribution is 2.45. The molecule has 7 nitrogen and oxygen atoms in total. The van der Waals surface area contributed by atoms with Crippen LogP contribution in [-0.2, 0) is 19.1 Å². The van der Waals surface area contributed by atoms with Crippen molar-refractivity contribution in [2.45, 2.75) is 25.2 Å². The van der Waals surface area contributed by atoms with E-state index >= 15 is 0 Å². The van der Waals surface area contributed by atoms with E-state index in [1.54, 1.807) is 18.2 Å². The molecule has 3 aromatic rings. The van der Waals surface area contributed by atoms with Crippen molar-refractivity contribution in [2.75, 3.05) is 16.8 Å². The molecular weight excluding hydrogens is 527 g/mol. The summed E-state index contributed by atoms with van der Waals surface area (Å²) in [5.74, 6) is -2.37. The molecule has 1 aliphatic carbocycles. The Hall–Kier alpha value is -3.68. The maximum absolute atomic E-state index is 13.4. The van der Waals surface area contributed by atoms with E-state index in [-0.39, 0.29) is 40.2 Å². The number of amides is 3. The summed E-state index contributed by atoms with van der Waals surface area (Å²) in [6.45, 7) is -0.557. The second kappa shape index (κ2) is 11.0. The molecule has 0 spiro atoms. The summed E-state index contributed by atoms with van der Waals surface area (Å²) in [5, 5.41) is 3.22. The number of carbonyl (C=O) groups excluding carboxylic acids is 4. The van der Waals surface area contributed by atoms with Crippen LogP contribution in [0.15, 0.2) is 72.8 Å². The van der Waals surface area contributed by atoms with Gasteiger partial charge in [-0.1, -0.05) is 59.6 Å². The maximum Gasteiger partial charge on any atom is 0.338 e. The first kappa shape index (κ1) is 25.9. The smallest absolute Gasteiger partial charge is 0.338 e. The first-order chi connectivity index (χ1) is 18.3. The van der Waals surface area contributed by atoms with Crippen molar-refractivity contribution in [3.63, 3.8) is 0 Å². The molecule has 0 radical (unpaired) electrons. The van der Waals surface area contributed by atoms with E-state index in [4.69, 9.17) is 27.9 Å². The van der Waals surface area contributed by atoms with Crippen molar-refractivity contribution in [1.82, 2.24) is 0 Å². The first-order valence-electron chi connectivity index (χ1n) is 12.3. The molecule has 5 rings (SSSR count). The standard InChI is InChI=1S/C29H24Cl2N2O5/c30-20-10-12-24(31)25(15-20)32-26(34)16-38-29(37)19-7-4-8-21(13-19)33-27(35)22-11-9-18(14-23(22)28(33)36)17-5-2-1-3-6-17/h1-8,10,12-13,15,18,22-23H,9,11,14,16H2,(H,32,34)/t18-,22-,23+/m1/s1. The van der Waals surface area contributed by atoms with Crippen LogP contribution in [0.3, 0.4) is 0 Å². The Morgan fingerprint density at radius 3 is 2.45 bits per heavy atom. The number of hydrogen-bond acceptors (Lipinski definition) is 5. The van der Waals surface area contributed by atoms with Crippen molar-refractivity contribution in [2.24, 2.45) is 11.8 Å². The zero-order valence-corrected chi connectivity index (χ0v) is 21.7. The zero-order valence-electron chi connectivity index (χ0n) is 20.2. The molecule has 0 bridgehead atoms. The number of hydrogen-bond donors (Lipinski definition) is 1. The lowest BCUT2D eigenvalue weighted by molar-refractivity contribution is -0.122. The van der Waals surface area contributed by atoms with Crippen LogP contribution >= 0.6 is 23.2 Å². The Morgan fingerprint density at radius 1 is 0.895 bits per heavy atom. The number of rotatable bonds is 6. The number of nitrogens with zero attached hydrogens (tertiary/aromatic N) is 1. The second-order valence-electron chi connectivity index (χ2n) is 9.44. The number of anilines is 2. The Labute approximate surface area is 229 Å². The molecule has 0 aromatic heterocycles. The first-order valence-corrected chi connectivity index (χ1v) is 13.0. The van der Waals surface area contributed by atoms with Gasteiger partial charge in [-0.3, -0.25) is 19.3 Å². The molecule has 194 valence electrons. The molecule has 38 heavy (non-hydrogen) atoms. The molecule has 2 aliphatic rings. The zero-order chi connectivity index (χ0) is 26.8. The summed E-state index contributed by atoms with van der Waals surface area (Å²) in [4.78, 5) is 52.7. The van der Waals surface area contributed by atoms with Crippen LogP contribution in [0.4, 0.5) is 11.4 Å². The maximum atomic E-state index is 13.4. The molecular formula is C29H24Cl2N2O5. The number of nitrogens with one attached hydrogen (secondary N) is 1. The van der Waals surface area contributed by atoms with Crippen molar-refractivity contribution >= 4 is 58.3 Å². The van der Waals surface area contributed by atoms with E-state index in [1.165, 1.54) is 34.7 Å². The molecule has 1 aliphatic heterocycles. The van der Waals surface area contributed by atoms with E-state index in [0.29, 0.717) is 29.2 Å². The molecule has 1 saturated carbocycles. The average Bonchev–Trinajstić information content (AvgIpc) is 3.18. The van der Waals surface area contributed by atoms with Crippen molar-refractivity contribution in [3.8, 4) is 0 Å². The van der Waals surface area contributed by atoms with E-state index < -0.39 is 18.5 Å². The highest BCUT2D eigenvalue weighted by Gasteiger charge is 2.50. The van der Waals surface area contributed by atoms with Gasteiger partial charge in [0.1, 0.15) is 0 Å². The van der Waals surface area contributed by atoms with Gasteiger partial charge in [-0.2, -0.15) is 0 Å². The predicted molar refractivity (Wildman–Crippen MR) is 144 cm³/mol. The molecule has 2 fully saturated rings. The third-order valence-corrected chi connectivity index (χ3v) is 7.64. The Morgan fingerprint density at radius 2 is 1.66 bits per heavy atom. The van der Waals surface area contributed by atoms with Gasteiger partial charge in [0.2, 0.25) is 11.8 Å². The summed E-state index contributed by atoms with van der Waals surface area (Å²) >= 11 is 12.0. The molecule has 1 saturated heterocycles. The lowest BCUT2D eigenvalue weighted by Gasteiger charge is -2.28. The van der Waals surface area contributed by atoms with Crippen LogP contribution in [0.1, 0.15) is 41.1 Å². The predicted octanol–water partition coefficient (Wildman–Crippen LogP) is 5.86. The van der Waals surface area contributed by atoms with Crippen LogP contribution in [0.5, 0.6) is 0 Å². The summed E-state index contributed by atoms with van der Waals surface area (Å²) in [6, 6.07) is 20.8. The van der Waals surface area contributed by atoms with Crippen molar-refractivity contribution in [1.29, 1.82) is 0 Å². The van der Waals surface area contributed by atoms with E-state index in [1.807, 2.05) is 18.2 Å². The number of fused-ring (bicyclic) bond motifs is 1. The SMILES string of the molecule is O=C(COC(=O)c1cccc(N2C(=O)[C@H]3C[C@H](c4ccccc4)CC[C@H]3C2=O)c1)Nc1cc(Cl)ccc1Cl. The Balaban J connectivity index is 1.25. The van der Waals surface area contributed by atoms with Crippen LogP contribution in [0.2, 0.25) is 10.0 Å². The van der Waals surface area contributed by atoms with Crippen LogP contribution in [0, 0.1) is 11.8 Å². The van der Waals surface area contributed by atoms with Gasteiger partial charge in [0, 0.05) is 5.02 Å². The van der Waals surface area contributed by atoms with Gasteiger partial charge in [0.15, 0.2) is 6.61 Å². The number of carbonyl (C=O) groups is 4. The van der Waals surface area contributed by atoms with E-state index in [0.717, 1.165) is 6.42 Å². The fourth-order valence-electron chi connectivity index (χ4n) is 5.23. The third kappa shape index (κ3) is 5.30. The van der Waals surface area contributed by atoms with E-state index in [9.17, 15) is 19.2 Å². The van der Waals surface area contributed by atoms with E-state index in [2.05, 4.69) is 17.4 Å². The fraction of sp³-hybridized carbons (Fsp3) is 0.241. The third-order valence-electron chi connectivity index (χ3n) is 7.07. The van der Waals surface area contributed by atoms with Crippen molar-refractivity contribution in [3.05, 3.63) is 94.0 Å². The number of imide groups is 1. The minimum absolute atomic E-state index is 0.119. The lowest BCUT2D eigenvalue weighted by atomic mass is 9.73. The van der Waals surface area contributed by atoms with Crippen LogP contribution in [-0.4, -0.2) is 30.3 Å². The summed E-state index contributed by atoms with van der Waals surface area (Å²) in [5.41, 5.74) is 1.91. The lowest BCUT2D eigenvalue weighted by Crippen LogP contribution is -2.31. The molecule has 3 atom stereocenters. The summed E-state index contributed by atoms with van der Waals surface area (Å²) in [6.07, 6.45) is 2.09. The molecule has 0 unspecified atom stereocenters. The normalized spacial score (nSPS) is 20.7. The number of benzene rings is 3. The molecule has 9 heteroatoms. The Bertz CT molecular complexity index is 1410. The topological polar surface area (TPSA) is 92.8 Å².